The Kier molecular flexibility index (Phi) is 4.66. The molecule has 0 aliphatic heterocycles. The molecule has 0 aliphatic rings. The lowest BCUT2D eigenvalue weighted by Crippen LogP contribution is -2.35. The highest BCUT2D eigenvalue weighted by molar-refractivity contribution is 5.27. The second-order valence-electron chi connectivity index (χ2n) is 4.51. The van der Waals surface area contributed by atoms with Crippen LogP contribution in [-0.4, -0.2) is 17.3 Å². The minimum atomic E-state index is -0.744. The van der Waals surface area contributed by atoms with Gasteiger partial charge in [0.2, 0.25) is 0 Å². The Morgan fingerprint density at radius 1 is 1.41 bits per heavy atom. The zero-order valence-electron chi connectivity index (χ0n) is 11.0. The van der Waals surface area contributed by atoms with Crippen molar-refractivity contribution in [2.24, 2.45) is 0 Å². The first-order valence-corrected chi connectivity index (χ1v) is 6.02. The van der Waals surface area contributed by atoms with Crippen LogP contribution in [0.5, 0.6) is 0 Å². The molecule has 1 aromatic carbocycles. The van der Waals surface area contributed by atoms with Gasteiger partial charge in [-0.15, -0.1) is 0 Å². The van der Waals surface area contributed by atoms with Crippen LogP contribution < -0.4 is 0 Å². The molecule has 0 aliphatic carbocycles. The first-order valence-electron chi connectivity index (χ1n) is 6.02. The van der Waals surface area contributed by atoms with Crippen LogP contribution >= 0.6 is 0 Å². The van der Waals surface area contributed by atoms with Gasteiger partial charge in [0.25, 0.3) is 0 Å². The SMILES string of the molecule is CCOC(C)(CC)C(O)c1ccc(F)c(C)c1. The van der Waals surface area contributed by atoms with Crippen LogP contribution in [0.2, 0.25) is 0 Å². The lowest BCUT2D eigenvalue weighted by Gasteiger charge is -2.33. The molecule has 0 radical (unpaired) electrons. The molecule has 2 atom stereocenters. The molecule has 2 unspecified atom stereocenters. The van der Waals surface area contributed by atoms with E-state index in [4.69, 9.17) is 4.74 Å². The Balaban J connectivity index is 3.01. The van der Waals surface area contributed by atoms with Crippen LogP contribution in [0.1, 0.15) is 44.4 Å². The van der Waals surface area contributed by atoms with Crippen LogP contribution in [-0.2, 0) is 4.74 Å². The number of hydrogen-bond acceptors (Lipinski definition) is 2. The van der Waals surface area contributed by atoms with Gasteiger partial charge in [-0.25, -0.2) is 4.39 Å². The quantitative estimate of drug-likeness (QED) is 0.855. The fourth-order valence-electron chi connectivity index (χ4n) is 1.89. The van der Waals surface area contributed by atoms with Gasteiger partial charge in [-0.1, -0.05) is 19.1 Å². The van der Waals surface area contributed by atoms with E-state index in [-0.39, 0.29) is 5.82 Å². The highest BCUT2D eigenvalue weighted by Crippen LogP contribution is 2.32. The standard InChI is InChI=1S/C14H21FO2/c1-5-14(4,17-6-2)13(16)11-7-8-12(15)10(3)9-11/h7-9,13,16H,5-6H2,1-4H3. The van der Waals surface area contributed by atoms with Crippen LogP contribution in [0.15, 0.2) is 18.2 Å². The molecule has 0 bridgehead atoms. The van der Waals surface area contributed by atoms with Crippen LogP contribution in [0.3, 0.4) is 0 Å². The second kappa shape index (κ2) is 5.61. The smallest absolute Gasteiger partial charge is 0.126 e. The third-order valence-electron chi connectivity index (χ3n) is 3.25. The fraction of sp³-hybridized carbons (Fsp3) is 0.571. The van der Waals surface area contributed by atoms with E-state index in [1.54, 1.807) is 19.1 Å². The third kappa shape index (κ3) is 3.05. The van der Waals surface area contributed by atoms with E-state index in [1.165, 1.54) is 6.07 Å². The summed E-state index contributed by atoms with van der Waals surface area (Å²) in [5, 5.41) is 10.3. The Labute approximate surface area is 102 Å². The Morgan fingerprint density at radius 3 is 2.53 bits per heavy atom. The van der Waals surface area contributed by atoms with E-state index >= 15 is 0 Å². The number of ether oxygens (including phenoxy) is 1. The van der Waals surface area contributed by atoms with Gasteiger partial charge in [0.1, 0.15) is 11.9 Å². The normalized spacial score (nSPS) is 16.6. The van der Waals surface area contributed by atoms with Crippen molar-refractivity contribution < 1.29 is 14.2 Å². The molecule has 0 amide bonds. The number of aryl methyl sites for hydroxylation is 1. The molecule has 0 fully saturated rings. The maximum absolute atomic E-state index is 13.2. The second-order valence-corrected chi connectivity index (χ2v) is 4.51. The number of aliphatic hydroxyl groups excluding tert-OH is 1. The summed E-state index contributed by atoms with van der Waals surface area (Å²) in [4.78, 5) is 0. The molecule has 0 saturated heterocycles. The van der Waals surface area contributed by atoms with Gasteiger partial charge in [-0.05, 0) is 44.4 Å². The highest BCUT2D eigenvalue weighted by atomic mass is 19.1. The molecule has 96 valence electrons. The minimum absolute atomic E-state index is 0.254. The van der Waals surface area contributed by atoms with Gasteiger partial charge in [-0.2, -0.15) is 0 Å². The zero-order valence-corrected chi connectivity index (χ0v) is 11.0. The predicted octanol–water partition coefficient (Wildman–Crippen LogP) is 3.37. The van der Waals surface area contributed by atoms with Gasteiger partial charge >= 0.3 is 0 Å². The number of benzene rings is 1. The van der Waals surface area contributed by atoms with Gasteiger partial charge in [0.05, 0.1) is 5.60 Å². The van der Waals surface area contributed by atoms with Crippen LogP contribution in [0, 0.1) is 12.7 Å². The van der Waals surface area contributed by atoms with E-state index in [0.29, 0.717) is 24.2 Å². The predicted molar refractivity (Wildman–Crippen MR) is 66.4 cm³/mol. The Bertz CT molecular complexity index is 378. The average Bonchev–Trinajstić information content (AvgIpc) is 2.32. The highest BCUT2D eigenvalue weighted by Gasteiger charge is 2.33. The summed E-state index contributed by atoms with van der Waals surface area (Å²) >= 11 is 0. The lowest BCUT2D eigenvalue weighted by molar-refractivity contribution is -0.113. The Morgan fingerprint density at radius 2 is 2.06 bits per heavy atom. The first-order chi connectivity index (χ1) is 7.94. The van der Waals surface area contributed by atoms with E-state index in [1.807, 2.05) is 20.8 Å². The summed E-state index contributed by atoms with van der Waals surface area (Å²) in [5.74, 6) is -0.254. The van der Waals surface area contributed by atoms with Crippen molar-refractivity contribution >= 4 is 0 Å². The largest absolute Gasteiger partial charge is 0.385 e. The maximum Gasteiger partial charge on any atom is 0.126 e. The van der Waals surface area contributed by atoms with Crippen molar-refractivity contribution in [1.82, 2.24) is 0 Å². The first kappa shape index (κ1) is 14.1. The van der Waals surface area contributed by atoms with Gasteiger partial charge in [0, 0.05) is 6.61 Å². The minimum Gasteiger partial charge on any atom is -0.385 e. The lowest BCUT2D eigenvalue weighted by atomic mass is 9.89. The molecule has 0 saturated carbocycles. The van der Waals surface area contributed by atoms with Crippen molar-refractivity contribution in [3.8, 4) is 0 Å². The fourth-order valence-corrected chi connectivity index (χ4v) is 1.89. The van der Waals surface area contributed by atoms with E-state index in [2.05, 4.69) is 0 Å². The van der Waals surface area contributed by atoms with E-state index in [0.717, 1.165) is 0 Å². The number of aliphatic hydroxyl groups is 1. The topological polar surface area (TPSA) is 29.5 Å². The van der Waals surface area contributed by atoms with E-state index in [9.17, 15) is 9.50 Å². The van der Waals surface area contributed by atoms with Crippen molar-refractivity contribution in [3.63, 3.8) is 0 Å². The summed E-state index contributed by atoms with van der Waals surface area (Å²) in [5.41, 5.74) is 0.608. The van der Waals surface area contributed by atoms with Crippen molar-refractivity contribution in [2.75, 3.05) is 6.61 Å². The summed E-state index contributed by atoms with van der Waals surface area (Å²) < 4.78 is 18.8. The molecule has 1 rings (SSSR count). The number of rotatable bonds is 5. The maximum atomic E-state index is 13.2. The van der Waals surface area contributed by atoms with Crippen LogP contribution in [0.25, 0.3) is 0 Å². The van der Waals surface area contributed by atoms with Gasteiger partial charge in [-0.3, -0.25) is 0 Å². The summed E-state index contributed by atoms with van der Waals surface area (Å²) in [6, 6.07) is 4.67. The molecule has 0 spiro atoms. The molecular weight excluding hydrogens is 219 g/mol. The Hall–Kier alpha value is -0.930. The molecule has 2 nitrogen and oxygen atoms in total. The summed E-state index contributed by atoms with van der Waals surface area (Å²) in [6.07, 6.45) is -0.0509. The number of halogens is 1. The summed E-state index contributed by atoms with van der Waals surface area (Å²) in [7, 11) is 0. The molecule has 0 heterocycles. The molecule has 1 aromatic rings. The number of hydrogen-bond donors (Lipinski definition) is 1. The molecule has 17 heavy (non-hydrogen) atoms. The molecule has 0 aromatic heterocycles. The van der Waals surface area contributed by atoms with E-state index < -0.39 is 11.7 Å². The van der Waals surface area contributed by atoms with Crippen molar-refractivity contribution in [1.29, 1.82) is 0 Å². The van der Waals surface area contributed by atoms with Crippen LogP contribution in [0.4, 0.5) is 4.39 Å². The monoisotopic (exact) mass is 240 g/mol. The van der Waals surface area contributed by atoms with Gasteiger partial charge in [0.15, 0.2) is 0 Å². The molecule has 1 N–H and O–H groups in total. The average molecular weight is 240 g/mol. The van der Waals surface area contributed by atoms with Gasteiger partial charge < -0.3 is 9.84 Å². The summed E-state index contributed by atoms with van der Waals surface area (Å²) in [6.45, 7) is 7.97. The van der Waals surface area contributed by atoms with Crippen molar-refractivity contribution in [2.45, 2.75) is 45.8 Å². The third-order valence-corrected chi connectivity index (χ3v) is 3.25. The zero-order chi connectivity index (χ0) is 13.1. The molecular formula is C14H21FO2. The molecule has 3 heteroatoms. The van der Waals surface area contributed by atoms with Crippen molar-refractivity contribution in [3.05, 3.63) is 35.1 Å².